The molecule has 0 aromatic carbocycles. The molecule has 0 saturated carbocycles. The standard InChI is InChI=1S/C21H31N3O3/c1-14-12-23(19(25)27-20(2,3)4)13-16-11-15-7-8-17(22-18(15)24(14)16)21(5)9-6-10-26-21/h7-8,14,16H,6,9-13H2,1-5H3. The van der Waals surface area contributed by atoms with Crippen LogP contribution in [0.1, 0.15) is 58.7 Å². The highest BCUT2D eigenvalue weighted by atomic mass is 16.6. The Morgan fingerprint density at radius 1 is 1.33 bits per heavy atom. The second-order valence-corrected chi connectivity index (χ2v) is 9.36. The molecule has 6 nitrogen and oxygen atoms in total. The number of pyridine rings is 1. The van der Waals surface area contributed by atoms with E-state index >= 15 is 0 Å². The molecule has 0 radical (unpaired) electrons. The number of hydrogen-bond donors (Lipinski definition) is 0. The Morgan fingerprint density at radius 3 is 2.78 bits per heavy atom. The van der Waals surface area contributed by atoms with Gasteiger partial charge in [0.05, 0.1) is 11.7 Å². The molecule has 27 heavy (non-hydrogen) atoms. The Bertz CT molecular complexity index is 737. The molecule has 0 spiro atoms. The van der Waals surface area contributed by atoms with E-state index in [1.54, 1.807) is 0 Å². The van der Waals surface area contributed by atoms with Crippen molar-refractivity contribution in [2.45, 2.75) is 77.2 Å². The molecule has 3 aliphatic rings. The zero-order valence-corrected chi connectivity index (χ0v) is 17.1. The molecule has 0 aliphatic carbocycles. The fraction of sp³-hybridized carbons (Fsp3) is 0.714. The van der Waals surface area contributed by atoms with Crippen molar-refractivity contribution >= 4 is 11.9 Å². The number of ether oxygens (including phenoxy) is 2. The molecule has 4 rings (SSSR count). The van der Waals surface area contributed by atoms with Gasteiger partial charge in [-0.15, -0.1) is 0 Å². The number of carbonyl (C=O) groups excluding carboxylic acids is 1. The first-order chi connectivity index (χ1) is 12.7. The van der Waals surface area contributed by atoms with Crippen LogP contribution in [-0.2, 0) is 21.5 Å². The van der Waals surface area contributed by atoms with Crippen molar-refractivity contribution in [1.29, 1.82) is 0 Å². The maximum absolute atomic E-state index is 12.5. The van der Waals surface area contributed by atoms with E-state index in [9.17, 15) is 4.79 Å². The maximum atomic E-state index is 12.5. The molecule has 3 unspecified atom stereocenters. The van der Waals surface area contributed by atoms with Gasteiger partial charge in [0.1, 0.15) is 17.0 Å². The third-order valence-corrected chi connectivity index (χ3v) is 5.85. The van der Waals surface area contributed by atoms with Crippen LogP contribution in [0.3, 0.4) is 0 Å². The molecule has 3 atom stereocenters. The van der Waals surface area contributed by atoms with Crippen LogP contribution in [0, 0.1) is 0 Å². The largest absolute Gasteiger partial charge is 0.444 e. The van der Waals surface area contributed by atoms with Crippen molar-refractivity contribution < 1.29 is 14.3 Å². The monoisotopic (exact) mass is 373 g/mol. The van der Waals surface area contributed by atoms with E-state index in [4.69, 9.17) is 14.5 Å². The highest BCUT2D eigenvalue weighted by molar-refractivity contribution is 5.69. The second-order valence-electron chi connectivity index (χ2n) is 9.36. The first-order valence-electron chi connectivity index (χ1n) is 10.1. The lowest BCUT2D eigenvalue weighted by molar-refractivity contribution is 0.0133. The van der Waals surface area contributed by atoms with Crippen LogP contribution >= 0.6 is 0 Å². The first kappa shape index (κ1) is 18.5. The molecule has 0 bridgehead atoms. The van der Waals surface area contributed by atoms with Gasteiger partial charge >= 0.3 is 6.09 Å². The Labute approximate surface area is 161 Å². The lowest BCUT2D eigenvalue weighted by Crippen LogP contribution is -2.58. The molecule has 1 amide bonds. The number of piperazine rings is 1. The van der Waals surface area contributed by atoms with Crippen LogP contribution in [0.15, 0.2) is 12.1 Å². The summed E-state index contributed by atoms with van der Waals surface area (Å²) in [5.74, 6) is 1.07. The molecule has 2 saturated heterocycles. The molecule has 1 aromatic heterocycles. The van der Waals surface area contributed by atoms with Crippen LogP contribution in [0.2, 0.25) is 0 Å². The topological polar surface area (TPSA) is 54.9 Å². The summed E-state index contributed by atoms with van der Waals surface area (Å²) in [5.41, 5.74) is 1.56. The van der Waals surface area contributed by atoms with Crippen molar-refractivity contribution in [2.24, 2.45) is 0 Å². The number of hydrogen-bond acceptors (Lipinski definition) is 5. The van der Waals surface area contributed by atoms with Crippen molar-refractivity contribution in [3.05, 3.63) is 23.4 Å². The highest BCUT2D eigenvalue weighted by Gasteiger charge is 2.42. The summed E-state index contributed by atoms with van der Waals surface area (Å²) in [6.45, 7) is 12.2. The van der Waals surface area contributed by atoms with Crippen molar-refractivity contribution in [3.63, 3.8) is 0 Å². The normalized spacial score (nSPS) is 30.3. The van der Waals surface area contributed by atoms with Crippen LogP contribution in [-0.4, -0.2) is 53.4 Å². The number of amides is 1. The molecule has 3 aliphatic heterocycles. The van der Waals surface area contributed by atoms with E-state index in [1.165, 1.54) is 5.56 Å². The quantitative estimate of drug-likeness (QED) is 0.754. The van der Waals surface area contributed by atoms with Gasteiger partial charge in [-0.2, -0.15) is 0 Å². The van der Waals surface area contributed by atoms with Crippen LogP contribution in [0.4, 0.5) is 10.6 Å². The van der Waals surface area contributed by atoms with Gasteiger partial charge in [0.15, 0.2) is 0 Å². The minimum atomic E-state index is -0.469. The number of nitrogens with zero attached hydrogens (tertiary/aromatic N) is 3. The second kappa shape index (κ2) is 6.36. The number of rotatable bonds is 1. The minimum absolute atomic E-state index is 0.206. The van der Waals surface area contributed by atoms with E-state index in [2.05, 4.69) is 30.9 Å². The van der Waals surface area contributed by atoms with E-state index < -0.39 is 5.60 Å². The zero-order chi connectivity index (χ0) is 19.4. The summed E-state index contributed by atoms with van der Waals surface area (Å²) in [6, 6.07) is 4.79. The van der Waals surface area contributed by atoms with Crippen molar-refractivity contribution in [1.82, 2.24) is 9.88 Å². The Hall–Kier alpha value is -1.82. The summed E-state index contributed by atoms with van der Waals surface area (Å²) < 4.78 is 11.6. The summed E-state index contributed by atoms with van der Waals surface area (Å²) in [4.78, 5) is 21.8. The van der Waals surface area contributed by atoms with Crippen LogP contribution in [0.5, 0.6) is 0 Å². The first-order valence-corrected chi connectivity index (χ1v) is 10.1. The van der Waals surface area contributed by atoms with Crippen LogP contribution in [0.25, 0.3) is 0 Å². The third-order valence-electron chi connectivity index (χ3n) is 5.85. The maximum Gasteiger partial charge on any atom is 0.410 e. The summed E-state index contributed by atoms with van der Waals surface area (Å²) in [5, 5.41) is 0. The fourth-order valence-electron chi connectivity index (χ4n) is 4.59. The number of aromatic nitrogens is 1. The average Bonchev–Trinajstić information content (AvgIpc) is 3.16. The molecule has 1 aromatic rings. The third kappa shape index (κ3) is 3.40. The van der Waals surface area contributed by atoms with Gasteiger partial charge in [-0.25, -0.2) is 9.78 Å². The lowest BCUT2D eigenvalue weighted by Gasteiger charge is -2.43. The number of anilines is 1. The van der Waals surface area contributed by atoms with Gasteiger partial charge in [0, 0.05) is 25.7 Å². The van der Waals surface area contributed by atoms with E-state index in [0.717, 1.165) is 37.4 Å². The van der Waals surface area contributed by atoms with Gasteiger partial charge in [-0.3, -0.25) is 0 Å². The van der Waals surface area contributed by atoms with E-state index in [1.807, 2.05) is 25.7 Å². The predicted molar refractivity (Wildman–Crippen MR) is 104 cm³/mol. The smallest absolute Gasteiger partial charge is 0.410 e. The number of carbonyl (C=O) groups is 1. The predicted octanol–water partition coefficient (Wildman–Crippen LogP) is 3.48. The molecule has 2 fully saturated rings. The SMILES string of the molecule is CC1CN(C(=O)OC(C)(C)C)CC2Cc3ccc(C4(C)CCCO4)nc3N12. The minimum Gasteiger partial charge on any atom is -0.444 e. The lowest BCUT2D eigenvalue weighted by atomic mass is 9.97. The van der Waals surface area contributed by atoms with Gasteiger partial charge < -0.3 is 19.3 Å². The molecule has 148 valence electrons. The van der Waals surface area contributed by atoms with E-state index in [-0.39, 0.29) is 23.8 Å². The van der Waals surface area contributed by atoms with Gasteiger partial charge in [0.2, 0.25) is 0 Å². The molecular weight excluding hydrogens is 342 g/mol. The Morgan fingerprint density at radius 2 is 2.11 bits per heavy atom. The number of fused-ring (bicyclic) bond motifs is 3. The summed E-state index contributed by atoms with van der Waals surface area (Å²) in [7, 11) is 0. The molecular formula is C21H31N3O3. The fourth-order valence-corrected chi connectivity index (χ4v) is 4.59. The molecule has 6 heteroatoms. The molecule has 4 heterocycles. The molecule has 0 N–H and O–H groups in total. The summed E-state index contributed by atoms with van der Waals surface area (Å²) in [6.07, 6.45) is 2.81. The van der Waals surface area contributed by atoms with Gasteiger partial charge in [-0.05, 0) is 65.5 Å². The van der Waals surface area contributed by atoms with Crippen LogP contribution < -0.4 is 4.90 Å². The van der Waals surface area contributed by atoms with Gasteiger partial charge in [-0.1, -0.05) is 6.07 Å². The Balaban J connectivity index is 1.55. The highest BCUT2D eigenvalue weighted by Crippen LogP contribution is 2.40. The van der Waals surface area contributed by atoms with Gasteiger partial charge in [0.25, 0.3) is 0 Å². The van der Waals surface area contributed by atoms with E-state index in [0.29, 0.717) is 13.1 Å². The average molecular weight is 373 g/mol. The zero-order valence-electron chi connectivity index (χ0n) is 17.1. The summed E-state index contributed by atoms with van der Waals surface area (Å²) >= 11 is 0. The van der Waals surface area contributed by atoms with Crippen molar-refractivity contribution in [3.8, 4) is 0 Å². The Kier molecular flexibility index (Phi) is 4.37. The van der Waals surface area contributed by atoms with Crippen molar-refractivity contribution in [2.75, 3.05) is 24.6 Å².